The lowest BCUT2D eigenvalue weighted by Gasteiger charge is -2.07. The number of aromatic nitrogens is 2. The van der Waals surface area contributed by atoms with Crippen LogP contribution in [0, 0.1) is 13.8 Å². The fraction of sp³-hybridized carbons (Fsp3) is 0.118. The molecule has 0 fully saturated rings. The van der Waals surface area contributed by atoms with E-state index in [1.165, 1.54) is 0 Å². The second-order valence-electron chi connectivity index (χ2n) is 5.29. The molecule has 1 N–H and O–H groups in total. The number of halogens is 1. The van der Waals surface area contributed by atoms with Crippen LogP contribution in [0.4, 0.5) is 5.69 Å². The van der Waals surface area contributed by atoms with E-state index in [1.807, 2.05) is 50.2 Å². The number of nitrogens with zero attached hydrogens (tertiary/aromatic N) is 2. The Labute approximate surface area is 146 Å². The van der Waals surface area contributed by atoms with Crippen LogP contribution in [0.15, 0.2) is 46.9 Å². The number of rotatable bonds is 3. The van der Waals surface area contributed by atoms with Crippen molar-refractivity contribution in [3.8, 4) is 11.3 Å². The van der Waals surface area contributed by atoms with E-state index in [0.29, 0.717) is 10.6 Å². The molecule has 0 aliphatic rings. The lowest BCUT2D eigenvalue weighted by atomic mass is 10.1. The van der Waals surface area contributed by atoms with Gasteiger partial charge in [0.25, 0.3) is 5.91 Å². The van der Waals surface area contributed by atoms with E-state index in [0.717, 1.165) is 38.4 Å². The topological polar surface area (TPSA) is 54.9 Å². The maximum atomic E-state index is 12.6. The average Bonchev–Trinajstić information content (AvgIpc) is 2.96. The summed E-state index contributed by atoms with van der Waals surface area (Å²) in [4.78, 5) is 13.1. The van der Waals surface area contributed by atoms with Crippen LogP contribution in [-0.2, 0) is 0 Å². The van der Waals surface area contributed by atoms with Gasteiger partial charge in [-0.05, 0) is 60.8 Å². The van der Waals surface area contributed by atoms with Gasteiger partial charge in [0.05, 0.1) is 0 Å². The zero-order valence-electron chi connectivity index (χ0n) is 12.6. The monoisotopic (exact) mass is 387 g/mol. The highest BCUT2D eigenvalue weighted by Crippen LogP contribution is 2.26. The van der Waals surface area contributed by atoms with E-state index < -0.39 is 0 Å². The Morgan fingerprint density at radius 2 is 1.74 bits per heavy atom. The Balaban J connectivity index is 1.89. The molecule has 0 bridgehead atoms. The van der Waals surface area contributed by atoms with Crippen LogP contribution in [0.2, 0.25) is 0 Å². The van der Waals surface area contributed by atoms with E-state index >= 15 is 0 Å². The molecular weight excluding hydrogens is 374 g/mol. The molecule has 1 amide bonds. The second kappa shape index (κ2) is 6.60. The van der Waals surface area contributed by atoms with Gasteiger partial charge in [-0.2, -0.15) is 0 Å². The smallest absolute Gasteiger partial charge is 0.269 e. The summed E-state index contributed by atoms with van der Waals surface area (Å²) < 4.78 is 4.92. The van der Waals surface area contributed by atoms with E-state index in [4.69, 9.17) is 0 Å². The summed E-state index contributed by atoms with van der Waals surface area (Å²) in [5.41, 5.74) is 4.46. The fourth-order valence-corrected chi connectivity index (χ4v) is 3.22. The zero-order chi connectivity index (χ0) is 16.4. The molecule has 0 unspecified atom stereocenters. The van der Waals surface area contributed by atoms with Crippen molar-refractivity contribution in [2.75, 3.05) is 5.32 Å². The minimum absolute atomic E-state index is 0.192. The second-order valence-corrected chi connectivity index (χ2v) is 6.96. The Morgan fingerprint density at radius 3 is 2.39 bits per heavy atom. The summed E-state index contributed by atoms with van der Waals surface area (Å²) in [6, 6.07) is 13.6. The minimum atomic E-state index is -0.192. The van der Waals surface area contributed by atoms with Gasteiger partial charge in [-0.1, -0.05) is 38.6 Å². The first-order chi connectivity index (χ1) is 11.0. The molecule has 4 nitrogen and oxygen atoms in total. The van der Waals surface area contributed by atoms with Crippen LogP contribution in [0.1, 0.15) is 20.8 Å². The zero-order valence-corrected chi connectivity index (χ0v) is 15.0. The summed E-state index contributed by atoms with van der Waals surface area (Å²) in [6.07, 6.45) is 0. The van der Waals surface area contributed by atoms with E-state index in [-0.39, 0.29) is 5.91 Å². The number of benzene rings is 2. The summed E-state index contributed by atoms with van der Waals surface area (Å²) >= 11 is 4.50. The van der Waals surface area contributed by atoms with Crippen molar-refractivity contribution in [2.45, 2.75) is 13.8 Å². The molecule has 116 valence electrons. The molecule has 23 heavy (non-hydrogen) atoms. The van der Waals surface area contributed by atoms with Crippen LogP contribution < -0.4 is 5.32 Å². The van der Waals surface area contributed by atoms with Crippen molar-refractivity contribution < 1.29 is 4.79 Å². The van der Waals surface area contributed by atoms with Gasteiger partial charge >= 0.3 is 0 Å². The molecule has 0 radical (unpaired) electrons. The Bertz CT molecular complexity index is 838. The molecule has 3 rings (SSSR count). The summed E-state index contributed by atoms with van der Waals surface area (Å²) in [5, 5.41) is 7.04. The van der Waals surface area contributed by atoms with Gasteiger partial charge in [-0.25, -0.2) is 0 Å². The summed E-state index contributed by atoms with van der Waals surface area (Å²) in [6.45, 7) is 4.01. The third-order valence-electron chi connectivity index (χ3n) is 3.29. The molecule has 0 spiro atoms. The largest absolute Gasteiger partial charge is 0.321 e. The van der Waals surface area contributed by atoms with E-state index in [1.54, 1.807) is 0 Å². The van der Waals surface area contributed by atoms with Crippen LogP contribution in [0.3, 0.4) is 0 Å². The van der Waals surface area contributed by atoms with E-state index in [9.17, 15) is 4.79 Å². The number of carbonyl (C=O) groups is 1. The third kappa shape index (κ3) is 3.65. The predicted molar refractivity (Wildman–Crippen MR) is 96.9 cm³/mol. The number of nitrogens with one attached hydrogen (secondary N) is 1. The van der Waals surface area contributed by atoms with Crippen LogP contribution in [0.5, 0.6) is 0 Å². The van der Waals surface area contributed by atoms with E-state index in [2.05, 4.69) is 36.9 Å². The van der Waals surface area contributed by atoms with Gasteiger partial charge in [0.1, 0.15) is 10.6 Å². The maximum Gasteiger partial charge on any atom is 0.269 e. The van der Waals surface area contributed by atoms with Crippen molar-refractivity contribution >= 4 is 39.1 Å². The number of hydrogen-bond acceptors (Lipinski definition) is 4. The summed E-state index contributed by atoms with van der Waals surface area (Å²) in [7, 11) is 0. The molecule has 1 heterocycles. The number of aryl methyl sites for hydroxylation is 2. The highest BCUT2D eigenvalue weighted by Gasteiger charge is 2.18. The molecule has 3 aromatic rings. The molecule has 0 saturated heterocycles. The molecule has 0 atom stereocenters. The lowest BCUT2D eigenvalue weighted by Crippen LogP contribution is -2.11. The normalized spacial score (nSPS) is 10.6. The fourth-order valence-electron chi connectivity index (χ4n) is 2.37. The average molecular weight is 388 g/mol. The molecule has 0 aliphatic heterocycles. The number of carbonyl (C=O) groups excluding carboxylic acids is 1. The first-order valence-corrected chi connectivity index (χ1v) is 8.57. The van der Waals surface area contributed by atoms with Gasteiger partial charge in [0.15, 0.2) is 0 Å². The van der Waals surface area contributed by atoms with Gasteiger partial charge in [0, 0.05) is 15.7 Å². The Kier molecular flexibility index (Phi) is 4.54. The van der Waals surface area contributed by atoms with Crippen molar-refractivity contribution in [2.24, 2.45) is 0 Å². The van der Waals surface area contributed by atoms with Crippen LogP contribution in [-0.4, -0.2) is 15.5 Å². The number of amides is 1. The quantitative estimate of drug-likeness (QED) is 0.699. The van der Waals surface area contributed by atoms with Gasteiger partial charge < -0.3 is 5.32 Å². The molecule has 2 aromatic carbocycles. The highest BCUT2D eigenvalue weighted by atomic mass is 79.9. The molecule has 1 aromatic heterocycles. The van der Waals surface area contributed by atoms with Crippen LogP contribution >= 0.6 is 27.5 Å². The van der Waals surface area contributed by atoms with Gasteiger partial charge in [-0.3, -0.25) is 4.79 Å². The highest BCUT2D eigenvalue weighted by molar-refractivity contribution is 9.10. The first kappa shape index (κ1) is 15.8. The SMILES string of the molecule is Cc1cc(C)cc(NC(=O)c2snnc2-c2ccc(Br)cc2)c1. The van der Waals surface area contributed by atoms with Gasteiger partial charge in [-0.15, -0.1) is 5.10 Å². The van der Waals surface area contributed by atoms with Gasteiger partial charge in [0.2, 0.25) is 0 Å². The van der Waals surface area contributed by atoms with Crippen molar-refractivity contribution in [1.29, 1.82) is 0 Å². The maximum absolute atomic E-state index is 12.6. The molecule has 0 saturated carbocycles. The lowest BCUT2D eigenvalue weighted by molar-refractivity contribution is 0.103. The van der Waals surface area contributed by atoms with Crippen molar-refractivity contribution in [3.63, 3.8) is 0 Å². The molecule has 6 heteroatoms. The number of hydrogen-bond donors (Lipinski definition) is 1. The standard InChI is InChI=1S/C17H14BrN3OS/c1-10-7-11(2)9-14(8-10)19-17(22)16-15(20-21-23-16)12-3-5-13(18)6-4-12/h3-9H,1-2H3,(H,19,22). The van der Waals surface area contributed by atoms with Crippen LogP contribution in [0.25, 0.3) is 11.3 Å². The Morgan fingerprint density at radius 1 is 1.09 bits per heavy atom. The Hall–Kier alpha value is -2.05. The minimum Gasteiger partial charge on any atom is -0.321 e. The first-order valence-electron chi connectivity index (χ1n) is 7.01. The van der Waals surface area contributed by atoms with Crippen molar-refractivity contribution in [1.82, 2.24) is 9.59 Å². The number of anilines is 1. The molecule has 0 aliphatic carbocycles. The predicted octanol–water partition coefficient (Wildman–Crippen LogP) is 4.84. The summed E-state index contributed by atoms with van der Waals surface area (Å²) in [5.74, 6) is -0.192. The van der Waals surface area contributed by atoms with Crippen molar-refractivity contribution in [3.05, 3.63) is 62.9 Å². The third-order valence-corrected chi connectivity index (χ3v) is 4.54. The molecular formula is C17H14BrN3OS.